The highest BCUT2D eigenvalue weighted by Gasteiger charge is 2.33. The maximum absolute atomic E-state index is 11.6. The Morgan fingerprint density at radius 1 is 1.00 bits per heavy atom. The lowest BCUT2D eigenvalue weighted by Gasteiger charge is -2.17. The Balaban J connectivity index is 4.95. The minimum absolute atomic E-state index is 0.0219. The zero-order valence-corrected chi connectivity index (χ0v) is 12.2. The van der Waals surface area contributed by atoms with E-state index in [2.05, 4.69) is 14.2 Å². The molecule has 0 aliphatic rings. The summed E-state index contributed by atoms with van der Waals surface area (Å²) >= 11 is 0. The number of ether oxygens (including phenoxy) is 2. The molecular weight excluding hydrogens is 276 g/mol. The number of esters is 2. The van der Waals surface area contributed by atoms with E-state index in [1.54, 1.807) is 27.7 Å². The van der Waals surface area contributed by atoms with Gasteiger partial charge in [0.15, 0.2) is 0 Å². The predicted molar refractivity (Wildman–Crippen MR) is 67.4 cm³/mol. The average Bonchev–Trinajstić information content (AvgIpc) is 2.24. The predicted octanol–water partition coefficient (Wildman–Crippen LogP) is -0.686. The third kappa shape index (κ3) is 7.09. The Kier molecular flexibility index (Phi) is 7.57. The Morgan fingerprint density at radius 2 is 1.42 bits per heavy atom. The van der Waals surface area contributed by atoms with Crippen LogP contribution in [0.25, 0.3) is 0 Å². The fourth-order valence-electron chi connectivity index (χ4n) is 1.14. The summed E-state index contributed by atoms with van der Waals surface area (Å²) in [4.78, 5) is 23.1. The molecule has 0 radical (unpaired) electrons. The van der Waals surface area contributed by atoms with E-state index in [0.29, 0.717) is 0 Å². The lowest BCUT2D eigenvalue weighted by Crippen LogP contribution is -2.52. The molecule has 0 saturated heterocycles. The van der Waals surface area contributed by atoms with Gasteiger partial charge in [0.05, 0.1) is 13.2 Å². The van der Waals surface area contributed by atoms with Crippen LogP contribution in [0.1, 0.15) is 27.7 Å². The first kappa shape index (κ1) is 17.8. The van der Waals surface area contributed by atoms with Crippen LogP contribution < -0.4 is 9.44 Å². The minimum atomic E-state index is -4.01. The topological polar surface area (TPSA) is 111 Å². The van der Waals surface area contributed by atoms with Crippen LogP contribution >= 0.6 is 0 Å². The fraction of sp³-hybridized carbons (Fsp3) is 0.800. The van der Waals surface area contributed by atoms with Gasteiger partial charge in [-0.05, 0) is 27.7 Å². The molecule has 0 bridgehead atoms. The summed E-state index contributed by atoms with van der Waals surface area (Å²) in [7, 11) is -4.01. The number of carbonyl (C=O) groups excluding carboxylic acids is 2. The molecule has 0 aliphatic carbocycles. The van der Waals surface area contributed by atoms with E-state index in [1.807, 2.05) is 4.72 Å². The molecule has 0 saturated carbocycles. The van der Waals surface area contributed by atoms with Crippen molar-refractivity contribution in [2.24, 2.45) is 0 Å². The molecule has 0 fully saturated rings. The summed E-state index contributed by atoms with van der Waals surface area (Å²) in [6.45, 7) is 6.33. The van der Waals surface area contributed by atoms with Crippen molar-refractivity contribution in [1.29, 1.82) is 0 Å². The van der Waals surface area contributed by atoms with Gasteiger partial charge in [0.2, 0.25) is 6.04 Å². The molecule has 8 nitrogen and oxygen atoms in total. The number of carbonyl (C=O) groups is 2. The molecular formula is C10H20N2O6S. The maximum atomic E-state index is 11.6. The van der Waals surface area contributed by atoms with Crippen molar-refractivity contribution in [2.75, 3.05) is 13.2 Å². The van der Waals surface area contributed by atoms with Crippen LogP contribution in [0.15, 0.2) is 0 Å². The summed E-state index contributed by atoms with van der Waals surface area (Å²) in [5.41, 5.74) is 0. The molecule has 0 aromatic carbocycles. The Labute approximate surface area is 113 Å². The average molecular weight is 296 g/mol. The summed E-state index contributed by atoms with van der Waals surface area (Å²) in [5.74, 6) is -2.01. The lowest BCUT2D eigenvalue weighted by atomic mass is 10.3. The zero-order chi connectivity index (χ0) is 15.1. The third-order valence-electron chi connectivity index (χ3n) is 1.71. The van der Waals surface area contributed by atoms with Gasteiger partial charge in [-0.2, -0.15) is 17.9 Å². The summed E-state index contributed by atoms with van der Waals surface area (Å²) in [6.07, 6.45) is 0. The zero-order valence-electron chi connectivity index (χ0n) is 11.4. The first-order valence-corrected chi connectivity index (χ1v) is 7.34. The lowest BCUT2D eigenvalue weighted by molar-refractivity contribution is -0.157. The highest BCUT2D eigenvalue weighted by Crippen LogP contribution is 1.97. The molecule has 0 aliphatic heterocycles. The summed E-state index contributed by atoms with van der Waals surface area (Å²) < 4.78 is 36.6. The van der Waals surface area contributed by atoms with Crippen LogP contribution in [0.2, 0.25) is 0 Å². The molecule has 9 heteroatoms. The van der Waals surface area contributed by atoms with Gasteiger partial charge in [-0.3, -0.25) is 0 Å². The minimum Gasteiger partial charge on any atom is -0.464 e. The highest BCUT2D eigenvalue weighted by molar-refractivity contribution is 7.87. The molecule has 19 heavy (non-hydrogen) atoms. The van der Waals surface area contributed by atoms with Gasteiger partial charge in [0.1, 0.15) is 0 Å². The van der Waals surface area contributed by atoms with E-state index in [1.165, 1.54) is 0 Å². The number of hydrogen-bond acceptors (Lipinski definition) is 6. The monoisotopic (exact) mass is 296 g/mol. The van der Waals surface area contributed by atoms with Gasteiger partial charge in [-0.25, -0.2) is 9.59 Å². The molecule has 0 atom stereocenters. The quantitative estimate of drug-likeness (QED) is 0.453. The Hall–Kier alpha value is -1.19. The summed E-state index contributed by atoms with van der Waals surface area (Å²) in [6, 6.07) is -2.10. The van der Waals surface area contributed by atoms with Crippen molar-refractivity contribution in [2.45, 2.75) is 39.8 Å². The first-order valence-electron chi connectivity index (χ1n) is 5.86. The molecule has 0 amide bonds. The van der Waals surface area contributed by atoms with Crippen LogP contribution in [0.3, 0.4) is 0 Å². The molecule has 0 rings (SSSR count). The van der Waals surface area contributed by atoms with Crippen molar-refractivity contribution in [3.63, 3.8) is 0 Å². The number of nitrogens with one attached hydrogen (secondary N) is 2. The van der Waals surface area contributed by atoms with Crippen LogP contribution in [-0.4, -0.2) is 45.7 Å². The largest absolute Gasteiger partial charge is 0.464 e. The second-order valence-corrected chi connectivity index (χ2v) is 5.31. The van der Waals surface area contributed by atoms with Gasteiger partial charge in [0.25, 0.3) is 10.2 Å². The van der Waals surface area contributed by atoms with Gasteiger partial charge < -0.3 is 9.47 Å². The number of hydrogen-bond donors (Lipinski definition) is 2. The first-order chi connectivity index (χ1) is 8.73. The van der Waals surface area contributed by atoms with Gasteiger partial charge in [-0.15, -0.1) is 0 Å². The maximum Gasteiger partial charge on any atom is 0.335 e. The SMILES string of the molecule is CCOC(=O)C(NS(=O)(=O)NC(C)C)C(=O)OCC. The van der Waals surface area contributed by atoms with E-state index >= 15 is 0 Å². The third-order valence-corrected chi connectivity index (χ3v) is 3.04. The van der Waals surface area contributed by atoms with Gasteiger partial charge in [-0.1, -0.05) is 0 Å². The second-order valence-electron chi connectivity index (χ2n) is 3.83. The number of rotatable bonds is 8. The molecule has 0 aromatic heterocycles. The normalized spacial score (nSPS) is 11.7. The van der Waals surface area contributed by atoms with Crippen molar-refractivity contribution in [3.05, 3.63) is 0 Å². The van der Waals surface area contributed by atoms with E-state index in [-0.39, 0.29) is 19.3 Å². The highest BCUT2D eigenvalue weighted by atomic mass is 32.2. The Morgan fingerprint density at radius 3 is 1.74 bits per heavy atom. The van der Waals surface area contributed by atoms with E-state index in [4.69, 9.17) is 0 Å². The molecule has 0 spiro atoms. The van der Waals surface area contributed by atoms with Crippen molar-refractivity contribution in [1.82, 2.24) is 9.44 Å². The van der Waals surface area contributed by atoms with Crippen molar-refractivity contribution < 1.29 is 27.5 Å². The molecule has 2 N–H and O–H groups in total. The van der Waals surface area contributed by atoms with Crippen LogP contribution in [0, 0.1) is 0 Å². The van der Waals surface area contributed by atoms with Crippen LogP contribution in [-0.2, 0) is 29.3 Å². The van der Waals surface area contributed by atoms with Crippen molar-refractivity contribution in [3.8, 4) is 0 Å². The van der Waals surface area contributed by atoms with Crippen LogP contribution in [0.5, 0.6) is 0 Å². The fourth-order valence-corrected chi connectivity index (χ4v) is 2.33. The van der Waals surface area contributed by atoms with E-state index in [9.17, 15) is 18.0 Å². The standard InChI is InChI=1S/C10H20N2O6S/c1-5-17-9(13)8(10(14)18-6-2)12-19(15,16)11-7(3)4/h7-8,11-12H,5-6H2,1-4H3. The van der Waals surface area contributed by atoms with Gasteiger partial charge >= 0.3 is 11.9 Å². The molecule has 0 heterocycles. The molecule has 0 unspecified atom stereocenters. The molecule has 112 valence electrons. The van der Waals surface area contributed by atoms with E-state index < -0.39 is 28.2 Å². The smallest absolute Gasteiger partial charge is 0.335 e. The summed E-state index contributed by atoms with van der Waals surface area (Å²) in [5, 5.41) is 0. The van der Waals surface area contributed by atoms with Crippen LogP contribution in [0.4, 0.5) is 0 Å². The van der Waals surface area contributed by atoms with E-state index in [0.717, 1.165) is 0 Å². The van der Waals surface area contributed by atoms with Gasteiger partial charge in [0, 0.05) is 6.04 Å². The van der Waals surface area contributed by atoms with Crippen molar-refractivity contribution >= 4 is 22.1 Å². The second kappa shape index (κ2) is 8.08. The Bertz CT molecular complexity index is 388. The molecule has 0 aromatic rings.